The number of benzene rings is 2. The lowest BCUT2D eigenvalue weighted by molar-refractivity contribution is -0.139. The fourth-order valence-electron chi connectivity index (χ4n) is 2.46. The molecule has 1 atom stereocenters. The number of alkyl halides is 6. The van der Waals surface area contributed by atoms with Crippen LogP contribution in [-0.2, 0) is 6.18 Å². The zero-order valence-electron chi connectivity index (χ0n) is 13.6. The lowest BCUT2D eigenvalue weighted by Crippen LogP contribution is -2.19. The minimum absolute atomic E-state index is 0.0651. The fraction of sp³-hybridized carbons (Fsp3) is 0.167. The number of hydrogen-bond acceptors (Lipinski definition) is 1. The number of allylic oxidation sites excluding steroid dienone is 1. The lowest BCUT2D eigenvalue weighted by Gasteiger charge is -2.18. The molecule has 0 aliphatic heterocycles. The summed E-state index contributed by atoms with van der Waals surface area (Å²) in [6.07, 6.45) is -8.49. The van der Waals surface area contributed by atoms with E-state index < -0.39 is 46.7 Å². The van der Waals surface area contributed by atoms with E-state index in [-0.39, 0.29) is 10.0 Å². The molecule has 28 heavy (non-hydrogen) atoms. The van der Waals surface area contributed by atoms with Crippen molar-refractivity contribution in [2.24, 2.45) is 0 Å². The average molecular weight is 471 g/mol. The Balaban J connectivity index is 2.49. The third-order valence-corrected chi connectivity index (χ3v) is 4.12. The third-order valence-electron chi connectivity index (χ3n) is 3.66. The maximum absolute atomic E-state index is 13.4. The van der Waals surface area contributed by atoms with Gasteiger partial charge in [0.25, 0.3) is 0 Å². The molecule has 10 heteroatoms. The largest absolute Gasteiger partial charge is 0.478 e. The fourth-order valence-corrected chi connectivity index (χ4v) is 2.94. The van der Waals surface area contributed by atoms with E-state index in [0.29, 0.717) is 24.3 Å². The van der Waals surface area contributed by atoms with Gasteiger partial charge in [0.05, 0.1) is 17.0 Å². The number of aromatic carboxylic acids is 1. The van der Waals surface area contributed by atoms with Crippen molar-refractivity contribution in [2.75, 3.05) is 0 Å². The van der Waals surface area contributed by atoms with Gasteiger partial charge in [0.15, 0.2) is 0 Å². The van der Waals surface area contributed by atoms with Gasteiger partial charge in [-0.1, -0.05) is 34.1 Å². The second-order valence-electron chi connectivity index (χ2n) is 5.69. The molecule has 2 rings (SSSR count). The monoisotopic (exact) mass is 470 g/mol. The molecule has 0 amide bonds. The highest BCUT2D eigenvalue weighted by Gasteiger charge is 2.39. The Morgan fingerprint density at radius 1 is 1.04 bits per heavy atom. The SMILES string of the molecule is O=C(O)c1ccc(C=CC(c2cc(F)cc(Br)c2)C(F)(F)F)cc1C(F)(F)F. The van der Waals surface area contributed by atoms with Crippen molar-refractivity contribution in [3.8, 4) is 0 Å². The van der Waals surface area contributed by atoms with Crippen LogP contribution < -0.4 is 0 Å². The highest BCUT2D eigenvalue weighted by molar-refractivity contribution is 9.10. The predicted molar refractivity (Wildman–Crippen MR) is 90.3 cm³/mol. The molecular formula is C18H10BrF7O2. The van der Waals surface area contributed by atoms with Crippen molar-refractivity contribution in [1.82, 2.24) is 0 Å². The van der Waals surface area contributed by atoms with Gasteiger partial charge in [-0.05, 0) is 41.5 Å². The lowest BCUT2D eigenvalue weighted by atomic mass is 9.96. The summed E-state index contributed by atoms with van der Waals surface area (Å²) < 4.78 is 92.6. The van der Waals surface area contributed by atoms with E-state index in [1.54, 1.807) is 0 Å². The van der Waals surface area contributed by atoms with Gasteiger partial charge in [-0.25, -0.2) is 9.18 Å². The Bertz CT molecular complexity index is 897. The predicted octanol–water partition coefficient (Wildman–Crippen LogP) is 6.66. The second-order valence-corrected chi connectivity index (χ2v) is 6.60. The van der Waals surface area contributed by atoms with Gasteiger partial charge in [0.2, 0.25) is 0 Å². The topological polar surface area (TPSA) is 37.3 Å². The number of rotatable bonds is 4. The van der Waals surface area contributed by atoms with Crippen LogP contribution in [0.3, 0.4) is 0 Å². The molecule has 1 N–H and O–H groups in total. The zero-order chi connectivity index (χ0) is 21.3. The summed E-state index contributed by atoms with van der Waals surface area (Å²) in [7, 11) is 0. The summed E-state index contributed by atoms with van der Waals surface area (Å²) in [5, 5.41) is 8.84. The molecule has 2 aromatic carbocycles. The molecule has 0 bridgehead atoms. The number of hydrogen-bond donors (Lipinski definition) is 1. The van der Waals surface area contributed by atoms with Crippen LogP contribution in [0.5, 0.6) is 0 Å². The first kappa shape index (κ1) is 21.9. The maximum atomic E-state index is 13.4. The van der Waals surface area contributed by atoms with Crippen molar-refractivity contribution in [3.63, 3.8) is 0 Å². The summed E-state index contributed by atoms with van der Waals surface area (Å²) in [4.78, 5) is 10.9. The zero-order valence-corrected chi connectivity index (χ0v) is 15.2. The minimum atomic E-state index is -5.01. The van der Waals surface area contributed by atoms with Gasteiger partial charge < -0.3 is 5.11 Å². The molecule has 0 heterocycles. The minimum Gasteiger partial charge on any atom is -0.478 e. The Morgan fingerprint density at radius 3 is 2.18 bits per heavy atom. The van der Waals surface area contributed by atoms with Crippen molar-refractivity contribution in [2.45, 2.75) is 18.3 Å². The van der Waals surface area contributed by atoms with E-state index in [2.05, 4.69) is 15.9 Å². The average Bonchev–Trinajstić information content (AvgIpc) is 2.51. The van der Waals surface area contributed by atoms with Crippen molar-refractivity contribution in [3.05, 3.63) is 75.0 Å². The van der Waals surface area contributed by atoms with E-state index in [4.69, 9.17) is 5.11 Å². The highest BCUT2D eigenvalue weighted by atomic mass is 79.9. The second kappa shape index (κ2) is 7.94. The molecular weight excluding hydrogens is 461 g/mol. The van der Waals surface area contributed by atoms with Crippen LogP contribution in [-0.4, -0.2) is 17.3 Å². The molecule has 0 aliphatic carbocycles. The van der Waals surface area contributed by atoms with Gasteiger partial charge in [-0.3, -0.25) is 0 Å². The molecule has 0 fully saturated rings. The van der Waals surface area contributed by atoms with Crippen LogP contribution in [0.2, 0.25) is 0 Å². The first-order chi connectivity index (χ1) is 12.8. The summed E-state index contributed by atoms with van der Waals surface area (Å²) in [6, 6.07) is 4.72. The van der Waals surface area contributed by atoms with Crippen molar-refractivity contribution < 1.29 is 40.6 Å². The van der Waals surface area contributed by atoms with Gasteiger partial charge in [-0.15, -0.1) is 0 Å². The molecule has 150 valence electrons. The van der Waals surface area contributed by atoms with Gasteiger partial charge >= 0.3 is 18.3 Å². The van der Waals surface area contributed by atoms with Crippen LogP contribution in [0.4, 0.5) is 30.7 Å². The summed E-state index contributed by atoms with van der Waals surface area (Å²) in [6.45, 7) is 0. The van der Waals surface area contributed by atoms with E-state index in [9.17, 15) is 35.5 Å². The van der Waals surface area contributed by atoms with Crippen LogP contribution in [0, 0.1) is 5.82 Å². The first-order valence-electron chi connectivity index (χ1n) is 7.44. The molecule has 0 saturated carbocycles. The number of carbonyl (C=O) groups is 1. The van der Waals surface area contributed by atoms with Crippen LogP contribution in [0.1, 0.15) is 33.0 Å². The summed E-state index contributed by atoms with van der Waals surface area (Å²) in [5.74, 6) is -5.02. The van der Waals surface area contributed by atoms with Gasteiger partial charge in [0.1, 0.15) is 5.82 Å². The molecule has 1 unspecified atom stereocenters. The Morgan fingerprint density at radius 2 is 1.68 bits per heavy atom. The summed E-state index contributed by atoms with van der Waals surface area (Å²) in [5.41, 5.74) is -3.25. The molecule has 0 radical (unpaired) electrons. The quantitative estimate of drug-likeness (QED) is 0.507. The molecule has 2 nitrogen and oxygen atoms in total. The van der Waals surface area contributed by atoms with E-state index in [0.717, 1.165) is 24.3 Å². The van der Waals surface area contributed by atoms with E-state index >= 15 is 0 Å². The van der Waals surface area contributed by atoms with Gasteiger partial charge in [-0.2, -0.15) is 26.3 Å². The summed E-state index contributed by atoms with van der Waals surface area (Å²) >= 11 is 2.88. The van der Waals surface area contributed by atoms with Crippen LogP contribution in [0.15, 0.2) is 46.9 Å². The molecule has 0 aromatic heterocycles. The Kier molecular flexibility index (Phi) is 6.22. The third kappa shape index (κ3) is 5.34. The Hall–Kier alpha value is -2.36. The molecule has 2 aromatic rings. The van der Waals surface area contributed by atoms with Crippen LogP contribution >= 0.6 is 15.9 Å². The molecule has 0 aliphatic rings. The van der Waals surface area contributed by atoms with Crippen LogP contribution in [0.25, 0.3) is 6.08 Å². The normalized spacial score (nSPS) is 13.7. The number of carboxylic acid groups (broad SMARTS) is 1. The highest BCUT2D eigenvalue weighted by Crippen LogP contribution is 2.38. The number of halogens is 8. The first-order valence-corrected chi connectivity index (χ1v) is 8.24. The molecule has 0 saturated heterocycles. The molecule has 0 spiro atoms. The van der Waals surface area contributed by atoms with Gasteiger partial charge in [0, 0.05) is 4.47 Å². The smallest absolute Gasteiger partial charge is 0.417 e. The van der Waals surface area contributed by atoms with Crippen molar-refractivity contribution in [1.29, 1.82) is 0 Å². The number of carboxylic acids is 1. The van der Waals surface area contributed by atoms with E-state index in [1.807, 2.05) is 0 Å². The Labute approximate surface area is 162 Å². The standard InChI is InChI=1S/C18H10BrF7O2/c19-11-6-10(7-12(20)8-11)14(17(21,22)23)4-2-9-1-3-13(16(27)28)15(5-9)18(24,25)26/h1-8,14H,(H,27,28). The van der Waals surface area contributed by atoms with Crippen molar-refractivity contribution >= 4 is 28.0 Å². The maximum Gasteiger partial charge on any atom is 0.417 e. The van der Waals surface area contributed by atoms with E-state index in [1.165, 1.54) is 0 Å².